The number of hydrogen-bond acceptors (Lipinski definition) is 5. The van der Waals surface area contributed by atoms with Crippen molar-refractivity contribution in [2.45, 2.75) is 25.9 Å². The maximum atomic E-state index is 12.6. The Morgan fingerprint density at radius 3 is 2.43 bits per heavy atom. The molecule has 7 nitrogen and oxygen atoms in total. The number of nitrogen functional groups attached to an aromatic ring is 1. The Kier molecular flexibility index (Phi) is 4.13. The minimum absolute atomic E-state index is 0.0592. The standard InChI is InChI=1S/C14H20N4O3/c1-9-7-17(8-10(2)16(9)3)14(19)12-6-11(15)4-5-13(12)18(20)21/h4-6,9-10H,7-8,15H2,1-3H3. The molecule has 2 atom stereocenters. The maximum absolute atomic E-state index is 12.6. The van der Waals surface area contributed by atoms with Gasteiger partial charge in [0, 0.05) is 36.9 Å². The van der Waals surface area contributed by atoms with Crippen molar-refractivity contribution in [2.24, 2.45) is 0 Å². The van der Waals surface area contributed by atoms with Crippen LogP contribution in [0.4, 0.5) is 11.4 Å². The van der Waals surface area contributed by atoms with E-state index >= 15 is 0 Å². The Bertz CT molecular complexity index is 563. The molecule has 0 saturated carbocycles. The van der Waals surface area contributed by atoms with Gasteiger partial charge in [-0.05, 0) is 33.0 Å². The van der Waals surface area contributed by atoms with Crippen molar-refractivity contribution in [3.05, 3.63) is 33.9 Å². The van der Waals surface area contributed by atoms with E-state index in [1.807, 2.05) is 20.9 Å². The van der Waals surface area contributed by atoms with Crippen LogP contribution in [-0.2, 0) is 0 Å². The molecule has 1 aliphatic heterocycles. The van der Waals surface area contributed by atoms with Crippen LogP contribution in [0.2, 0.25) is 0 Å². The average molecular weight is 292 g/mol. The number of carbonyl (C=O) groups excluding carboxylic acids is 1. The van der Waals surface area contributed by atoms with Crippen molar-refractivity contribution >= 4 is 17.3 Å². The SMILES string of the molecule is CC1CN(C(=O)c2cc(N)ccc2[N+](=O)[O-])CC(C)N1C. The van der Waals surface area contributed by atoms with Crippen LogP contribution in [0.1, 0.15) is 24.2 Å². The lowest BCUT2D eigenvalue weighted by molar-refractivity contribution is -0.385. The first-order valence-corrected chi connectivity index (χ1v) is 6.86. The number of nitrogens with zero attached hydrogens (tertiary/aromatic N) is 3. The number of amides is 1. The van der Waals surface area contributed by atoms with Crippen molar-refractivity contribution in [3.8, 4) is 0 Å². The summed E-state index contributed by atoms with van der Waals surface area (Å²) in [4.78, 5) is 27.0. The van der Waals surface area contributed by atoms with Crippen molar-refractivity contribution in [1.82, 2.24) is 9.80 Å². The van der Waals surface area contributed by atoms with E-state index in [2.05, 4.69) is 4.90 Å². The van der Waals surface area contributed by atoms with Crippen LogP contribution in [0.3, 0.4) is 0 Å². The second kappa shape index (κ2) is 5.69. The molecular weight excluding hydrogens is 272 g/mol. The van der Waals surface area contributed by atoms with Crippen LogP contribution in [-0.4, -0.2) is 52.9 Å². The van der Waals surface area contributed by atoms with Gasteiger partial charge in [-0.1, -0.05) is 0 Å². The third-order valence-electron chi connectivity index (χ3n) is 4.09. The van der Waals surface area contributed by atoms with E-state index in [0.29, 0.717) is 18.8 Å². The van der Waals surface area contributed by atoms with E-state index in [4.69, 9.17) is 5.73 Å². The van der Waals surface area contributed by atoms with Gasteiger partial charge in [-0.15, -0.1) is 0 Å². The van der Waals surface area contributed by atoms with Gasteiger partial charge in [-0.2, -0.15) is 0 Å². The van der Waals surface area contributed by atoms with Crippen LogP contribution in [0.5, 0.6) is 0 Å². The zero-order chi connectivity index (χ0) is 15.7. The molecule has 0 aliphatic carbocycles. The number of anilines is 1. The lowest BCUT2D eigenvalue weighted by atomic mass is 10.1. The zero-order valence-electron chi connectivity index (χ0n) is 12.4. The molecule has 1 aliphatic rings. The van der Waals surface area contributed by atoms with Crippen molar-refractivity contribution in [1.29, 1.82) is 0 Å². The second-order valence-electron chi connectivity index (χ2n) is 5.61. The molecule has 0 spiro atoms. The van der Waals surface area contributed by atoms with E-state index < -0.39 is 4.92 Å². The molecule has 1 amide bonds. The number of carbonyl (C=O) groups is 1. The lowest BCUT2D eigenvalue weighted by Gasteiger charge is -2.42. The first-order chi connectivity index (χ1) is 9.81. The largest absolute Gasteiger partial charge is 0.399 e. The van der Waals surface area contributed by atoms with Gasteiger partial charge in [0.2, 0.25) is 0 Å². The molecule has 7 heteroatoms. The highest BCUT2D eigenvalue weighted by Gasteiger charge is 2.32. The quantitative estimate of drug-likeness (QED) is 0.504. The van der Waals surface area contributed by atoms with Crippen LogP contribution in [0.25, 0.3) is 0 Å². The Labute approximate surface area is 123 Å². The van der Waals surface area contributed by atoms with Crippen molar-refractivity contribution in [2.75, 3.05) is 25.9 Å². The molecule has 2 N–H and O–H groups in total. The minimum Gasteiger partial charge on any atom is -0.399 e. The van der Waals surface area contributed by atoms with E-state index in [9.17, 15) is 14.9 Å². The summed E-state index contributed by atoms with van der Waals surface area (Å²) in [5, 5.41) is 11.1. The Morgan fingerprint density at radius 2 is 1.90 bits per heavy atom. The molecule has 0 bridgehead atoms. The number of nitro groups is 1. The number of rotatable bonds is 2. The summed E-state index contributed by atoms with van der Waals surface area (Å²) in [5.41, 5.74) is 5.88. The van der Waals surface area contributed by atoms with Gasteiger partial charge in [0.1, 0.15) is 5.56 Å². The molecule has 0 aromatic heterocycles. The summed E-state index contributed by atoms with van der Waals surface area (Å²) in [6.07, 6.45) is 0. The summed E-state index contributed by atoms with van der Waals surface area (Å²) < 4.78 is 0. The van der Waals surface area contributed by atoms with Crippen LogP contribution >= 0.6 is 0 Å². The number of nitrogens with two attached hydrogens (primary N) is 1. The molecule has 1 aromatic rings. The Hall–Kier alpha value is -2.15. The third kappa shape index (κ3) is 2.97. The average Bonchev–Trinajstić information content (AvgIpc) is 2.42. The lowest BCUT2D eigenvalue weighted by Crippen LogP contribution is -2.56. The maximum Gasteiger partial charge on any atom is 0.282 e. The van der Waals surface area contributed by atoms with Crippen molar-refractivity contribution in [3.63, 3.8) is 0 Å². The highest BCUT2D eigenvalue weighted by Crippen LogP contribution is 2.24. The zero-order valence-corrected chi connectivity index (χ0v) is 12.4. The topological polar surface area (TPSA) is 92.7 Å². The number of hydrogen-bond donors (Lipinski definition) is 1. The number of nitro benzene ring substituents is 1. The van der Waals surface area contributed by atoms with Crippen LogP contribution < -0.4 is 5.73 Å². The molecule has 1 aromatic carbocycles. The fourth-order valence-corrected chi connectivity index (χ4v) is 2.62. The highest BCUT2D eigenvalue weighted by atomic mass is 16.6. The van der Waals surface area contributed by atoms with Gasteiger partial charge in [-0.3, -0.25) is 19.8 Å². The van der Waals surface area contributed by atoms with Gasteiger partial charge in [0.15, 0.2) is 0 Å². The summed E-state index contributed by atoms with van der Waals surface area (Å²) in [7, 11) is 2.01. The summed E-state index contributed by atoms with van der Waals surface area (Å²) in [6, 6.07) is 4.51. The Morgan fingerprint density at radius 1 is 1.33 bits per heavy atom. The van der Waals surface area contributed by atoms with E-state index in [-0.39, 0.29) is 29.2 Å². The van der Waals surface area contributed by atoms with Crippen molar-refractivity contribution < 1.29 is 9.72 Å². The smallest absolute Gasteiger partial charge is 0.282 e. The fourth-order valence-electron chi connectivity index (χ4n) is 2.62. The third-order valence-corrected chi connectivity index (χ3v) is 4.09. The van der Waals surface area contributed by atoms with Gasteiger partial charge >= 0.3 is 0 Å². The molecule has 1 fully saturated rings. The fraction of sp³-hybridized carbons (Fsp3) is 0.500. The second-order valence-corrected chi connectivity index (χ2v) is 5.61. The number of benzene rings is 1. The molecular formula is C14H20N4O3. The number of likely N-dealkylation sites (N-methyl/N-ethyl adjacent to an activating group) is 1. The predicted molar refractivity (Wildman–Crippen MR) is 80.1 cm³/mol. The summed E-state index contributed by atoms with van der Waals surface area (Å²) >= 11 is 0. The summed E-state index contributed by atoms with van der Waals surface area (Å²) in [5.74, 6) is -0.333. The van der Waals surface area contributed by atoms with E-state index in [1.54, 1.807) is 4.90 Å². The van der Waals surface area contributed by atoms with Crippen LogP contribution in [0.15, 0.2) is 18.2 Å². The van der Waals surface area contributed by atoms with Gasteiger partial charge in [0.25, 0.3) is 11.6 Å². The van der Waals surface area contributed by atoms with Gasteiger partial charge in [0.05, 0.1) is 4.92 Å². The molecule has 1 heterocycles. The van der Waals surface area contributed by atoms with Crippen LogP contribution in [0, 0.1) is 10.1 Å². The minimum atomic E-state index is -0.546. The Balaban J connectivity index is 2.32. The van der Waals surface area contributed by atoms with Gasteiger partial charge < -0.3 is 10.6 Å². The van der Waals surface area contributed by atoms with E-state index in [1.165, 1.54) is 18.2 Å². The first kappa shape index (κ1) is 15.2. The molecule has 2 rings (SSSR count). The molecule has 1 saturated heterocycles. The molecule has 2 unspecified atom stereocenters. The molecule has 21 heavy (non-hydrogen) atoms. The highest BCUT2D eigenvalue weighted by molar-refractivity contribution is 5.99. The molecule has 114 valence electrons. The first-order valence-electron chi connectivity index (χ1n) is 6.86. The van der Waals surface area contributed by atoms with E-state index in [0.717, 1.165) is 0 Å². The monoisotopic (exact) mass is 292 g/mol. The summed E-state index contributed by atoms with van der Waals surface area (Å²) in [6.45, 7) is 5.16. The van der Waals surface area contributed by atoms with Gasteiger partial charge in [-0.25, -0.2) is 0 Å². The number of piperazine rings is 1. The normalized spacial score (nSPS) is 23.1. The molecule has 0 radical (unpaired) electrons. The predicted octanol–water partition coefficient (Wildman–Crippen LogP) is 1.34.